The molecule has 60 valence electrons. The van der Waals surface area contributed by atoms with Crippen LogP contribution in [0, 0.1) is 0 Å². The van der Waals surface area contributed by atoms with E-state index in [1.54, 1.807) is 7.11 Å². The average molecular weight is 143 g/mol. The molecule has 0 aromatic carbocycles. The molecule has 0 aromatic rings. The summed E-state index contributed by atoms with van der Waals surface area (Å²) in [5.74, 6) is 0. The summed E-state index contributed by atoms with van der Waals surface area (Å²) in [6, 6.07) is 0.679. The van der Waals surface area contributed by atoms with Gasteiger partial charge in [-0.3, -0.25) is 0 Å². The number of hydrogen-bond donors (Lipinski definition) is 0. The van der Waals surface area contributed by atoms with E-state index >= 15 is 0 Å². The number of hydrogen-bond acceptors (Lipinski definition) is 2. The lowest BCUT2D eigenvalue weighted by atomic mass is 10.0. The van der Waals surface area contributed by atoms with Crippen LogP contribution in [-0.4, -0.2) is 38.3 Å². The van der Waals surface area contributed by atoms with Crippen LogP contribution >= 0.6 is 0 Å². The van der Waals surface area contributed by atoms with E-state index in [0.29, 0.717) is 6.04 Å². The highest BCUT2D eigenvalue weighted by atomic mass is 16.5. The Morgan fingerprint density at radius 3 is 2.90 bits per heavy atom. The zero-order chi connectivity index (χ0) is 7.40. The lowest BCUT2D eigenvalue weighted by molar-refractivity contribution is 0.0825. The number of likely N-dealkylation sites (N-methyl/N-ethyl adjacent to an activating group) is 1. The topological polar surface area (TPSA) is 12.5 Å². The molecule has 0 radical (unpaired) electrons. The SMILES string of the molecule is COCC1CCCCN1C. The lowest BCUT2D eigenvalue weighted by Gasteiger charge is -2.31. The van der Waals surface area contributed by atoms with Crippen LogP contribution in [0.2, 0.25) is 0 Å². The van der Waals surface area contributed by atoms with Crippen molar-refractivity contribution in [2.45, 2.75) is 25.3 Å². The standard InChI is InChI=1S/C8H17NO/c1-9-6-4-3-5-8(9)7-10-2/h8H,3-7H2,1-2H3. The van der Waals surface area contributed by atoms with Gasteiger partial charge in [0.25, 0.3) is 0 Å². The Hall–Kier alpha value is -0.0800. The van der Waals surface area contributed by atoms with Crippen LogP contribution in [0.4, 0.5) is 0 Å². The largest absolute Gasteiger partial charge is 0.383 e. The fourth-order valence-corrected chi connectivity index (χ4v) is 1.55. The molecular formula is C8H17NO. The molecule has 2 nitrogen and oxygen atoms in total. The predicted molar refractivity (Wildman–Crippen MR) is 42.1 cm³/mol. The molecule has 0 N–H and O–H groups in total. The number of rotatable bonds is 2. The molecule has 1 unspecified atom stereocenters. The quantitative estimate of drug-likeness (QED) is 0.574. The van der Waals surface area contributed by atoms with E-state index in [1.165, 1.54) is 25.8 Å². The Labute approximate surface area is 63.2 Å². The van der Waals surface area contributed by atoms with Gasteiger partial charge in [0.15, 0.2) is 0 Å². The summed E-state index contributed by atoms with van der Waals surface area (Å²) in [7, 11) is 3.96. The number of piperidine rings is 1. The van der Waals surface area contributed by atoms with Gasteiger partial charge in [-0.25, -0.2) is 0 Å². The van der Waals surface area contributed by atoms with Crippen molar-refractivity contribution in [2.75, 3.05) is 27.3 Å². The first-order valence-corrected chi connectivity index (χ1v) is 4.04. The predicted octanol–water partition coefficient (Wildman–Crippen LogP) is 1.12. The highest BCUT2D eigenvalue weighted by Crippen LogP contribution is 2.14. The fourth-order valence-electron chi connectivity index (χ4n) is 1.55. The van der Waals surface area contributed by atoms with Gasteiger partial charge in [-0.15, -0.1) is 0 Å². The van der Waals surface area contributed by atoms with Crippen molar-refractivity contribution in [2.24, 2.45) is 0 Å². The summed E-state index contributed by atoms with van der Waals surface area (Å²) in [6.45, 7) is 2.14. The fraction of sp³-hybridized carbons (Fsp3) is 1.00. The summed E-state index contributed by atoms with van der Waals surface area (Å²) in [4.78, 5) is 2.40. The molecule has 1 saturated heterocycles. The highest BCUT2D eigenvalue weighted by molar-refractivity contribution is 4.72. The monoisotopic (exact) mass is 143 g/mol. The second-order valence-electron chi connectivity index (χ2n) is 3.09. The van der Waals surface area contributed by atoms with Gasteiger partial charge < -0.3 is 9.64 Å². The summed E-state index contributed by atoms with van der Waals surface area (Å²) in [5.41, 5.74) is 0. The number of nitrogens with zero attached hydrogens (tertiary/aromatic N) is 1. The molecule has 1 atom stereocenters. The van der Waals surface area contributed by atoms with E-state index in [4.69, 9.17) is 4.74 Å². The van der Waals surface area contributed by atoms with Gasteiger partial charge in [0, 0.05) is 13.2 Å². The summed E-state index contributed by atoms with van der Waals surface area (Å²) >= 11 is 0. The molecule has 1 aliphatic rings. The third kappa shape index (κ3) is 1.96. The van der Waals surface area contributed by atoms with Crippen LogP contribution in [0.15, 0.2) is 0 Å². The van der Waals surface area contributed by atoms with Crippen LogP contribution in [-0.2, 0) is 4.74 Å². The van der Waals surface area contributed by atoms with Gasteiger partial charge in [0.2, 0.25) is 0 Å². The molecule has 0 aliphatic carbocycles. The van der Waals surface area contributed by atoms with E-state index in [9.17, 15) is 0 Å². The molecule has 0 amide bonds. The summed E-state index contributed by atoms with van der Waals surface area (Å²) < 4.78 is 5.11. The van der Waals surface area contributed by atoms with Gasteiger partial charge in [-0.2, -0.15) is 0 Å². The first kappa shape index (κ1) is 8.02. The molecule has 2 heteroatoms. The molecule has 1 rings (SSSR count). The van der Waals surface area contributed by atoms with Crippen LogP contribution in [0.25, 0.3) is 0 Å². The molecule has 10 heavy (non-hydrogen) atoms. The van der Waals surface area contributed by atoms with Crippen molar-refractivity contribution in [1.29, 1.82) is 0 Å². The zero-order valence-corrected chi connectivity index (χ0v) is 6.97. The molecule has 0 saturated carbocycles. The van der Waals surface area contributed by atoms with Gasteiger partial charge in [-0.1, -0.05) is 6.42 Å². The van der Waals surface area contributed by atoms with E-state index < -0.39 is 0 Å². The number of likely N-dealkylation sites (tertiary alicyclic amines) is 1. The first-order valence-electron chi connectivity index (χ1n) is 4.04. The van der Waals surface area contributed by atoms with Crippen molar-refractivity contribution in [3.63, 3.8) is 0 Å². The molecule has 0 spiro atoms. The minimum absolute atomic E-state index is 0.679. The second kappa shape index (κ2) is 3.94. The van der Waals surface area contributed by atoms with Gasteiger partial charge in [-0.05, 0) is 26.4 Å². The van der Waals surface area contributed by atoms with Crippen molar-refractivity contribution in [3.05, 3.63) is 0 Å². The van der Waals surface area contributed by atoms with E-state index in [1.807, 2.05) is 0 Å². The van der Waals surface area contributed by atoms with Crippen LogP contribution in [0.1, 0.15) is 19.3 Å². The minimum Gasteiger partial charge on any atom is -0.383 e. The summed E-state index contributed by atoms with van der Waals surface area (Å²) in [6.07, 6.45) is 4.04. The third-order valence-corrected chi connectivity index (χ3v) is 2.28. The van der Waals surface area contributed by atoms with Crippen molar-refractivity contribution >= 4 is 0 Å². The number of ether oxygens (including phenoxy) is 1. The lowest BCUT2D eigenvalue weighted by Crippen LogP contribution is -2.39. The van der Waals surface area contributed by atoms with Crippen molar-refractivity contribution in [1.82, 2.24) is 4.90 Å². The zero-order valence-electron chi connectivity index (χ0n) is 6.97. The maximum absolute atomic E-state index is 5.11. The Morgan fingerprint density at radius 2 is 2.30 bits per heavy atom. The Balaban J connectivity index is 2.25. The van der Waals surface area contributed by atoms with E-state index in [2.05, 4.69) is 11.9 Å². The third-order valence-electron chi connectivity index (χ3n) is 2.28. The summed E-state index contributed by atoms with van der Waals surface area (Å²) in [5, 5.41) is 0. The Kier molecular flexibility index (Phi) is 3.16. The van der Waals surface area contributed by atoms with Gasteiger partial charge >= 0.3 is 0 Å². The van der Waals surface area contributed by atoms with Gasteiger partial charge in [0.05, 0.1) is 6.61 Å². The molecule has 1 fully saturated rings. The number of methoxy groups -OCH3 is 1. The highest BCUT2D eigenvalue weighted by Gasteiger charge is 2.17. The second-order valence-corrected chi connectivity index (χ2v) is 3.09. The van der Waals surface area contributed by atoms with Crippen LogP contribution in [0.5, 0.6) is 0 Å². The van der Waals surface area contributed by atoms with E-state index in [-0.39, 0.29) is 0 Å². The molecule has 1 heterocycles. The smallest absolute Gasteiger partial charge is 0.0617 e. The Bertz CT molecular complexity index is 93.3. The Morgan fingerprint density at radius 1 is 1.50 bits per heavy atom. The van der Waals surface area contributed by atoms with Crippen molar-refractivity contribution in [3.8, 4) is 0 Å². The normalized spacial score (nSPS) is 28.8. The first-order chi connectivity index (χ1) is 4.84. The molecule has 0 aromatic heterocycles. The maximum Gasteiger partial charge on any atom is 0.0617 e. The van der Waals surface area contributed by atoms with Crippen LogP contribution in [0.3, 0.4) is 0 Å². The molecule has 1 aliphatic heterocycles. The minimum atomic E-state index is 0.679. The maximum atomic E-state index is 5.11. The van der Waals surface area contributed by atoms with E-state index in [0.717, 1.165) is 6.61 Å². The molecule has 0 bridgehead atoms. The van der Waals surface area contributed by atoms with Crippen LogP contribution < -0.4 is 0 Å². The van der Waals surface area contributed by atoms with Crippen molar-refractivity contribution < 1.29 is 4.74 Å². The average Bonchev–Trinajstić information content (AvgIpc) is 1.94. The molecular weight excluding hydrogens is 126 g/mol. The van der Waals surface area contributed by atoms with Gasteiger partial charge in [0.1, 0.15) is 0 Å².